The minimum Gasteiger partial charge on any atom is -0.317 e. The molecule has 132 valence electrons. The molecule has 0 unspecified atom stereocenters. The molecule has 0 saturated heterocycles. The Labute approximate surface area is 145 Å². The number of anilines is 1. The highest BCUT2D eigenvalue weighted by atomic mass is 16.6. The Morgan fingerprint density at radius 3 is 2.60 bits per heavy atom. The van der Waals surface area contributed by atoms with E-state index in [0.29, 0.717) is 6.54 Å². The Balaban J connectivity index is 2.41. The van der Waals surface area contributed by atoms with Crippen LogP contribution in [0.2, 0.25) is 0 Å². The van der Waals surface area contributed by atoms with Crippen LogP contribution in [0, 0.1) is 24.0 Å². The van der Waals surface area contributed by atoms with E-state index in [0.717, 1.165) is 24.1 Å². The van der Waals surface area contributed by atoms with Gasteiger partial charge >= 0.3 is 0 Å². The molecule has 0 spiro atoms. The molecule has 7 nitrogen and oxygen atoms in total. The molecule has 0 aliphatic carbocycles. The molecule has 0 saturated carbocycles. The fourth-order valence-corrected chi connectivity index (χ4v) is 2.58. The number of nitrogens with zero attached hydrogens (tertiary/aromatic N) is 2. The molecular weight excluding hydrogens is 322 g/mol. The van der Waals surface area contributed by atoms with Gasteiger partial charge < -0.3 is 9.88 Å². The lowest BCUT2D eigenvalue weighted by molar-refractivity contribution is -0.385. The second-order valence-corrected chi connectivity index (χ2v) is 5.87. The number of hydrogen-bond donors (Lipinski definition) is 1. The number of nitro groups is 1. The summed E-state index contributed by atoms with van der Waals surface area (Å²) in [5, 5.41) is 13.6. The van der Waals surface area contributed by atoms with Gasteiger partial charge in [-0.15, -0.1) is 0 Å². The van der Waals surface area contributed by atoms with Gasteiger partial charge in [0.2, 0.25) is 0 Å². The average Bonchev–Trinajstić information content (AvgIpc) is 2.59. The van der Waals surface area contributed by atoms with E-state index >= 15 is 0 Å². The molecule has 0 atom stereocenters. The highest BCUT2D eigenvalue weighted by Crippen LogP contribution is 2.19. The van der Waals surface area contributed by atoms with Crippen LogP contribution >= 0.6 is 0 Å². The number of rotatable bonds is 6. The highest BCUT2D eigenvalue weighted by molar-refractivity contribution is 6.07. The normalized spacial score (nSPS) is 10.5. The molecule has 1 heterocycles. The minimum absolute atomic E-state index is 0.0785. The molecule has 0 aliphatic rings. The Kier molecular flexibility index (Phi) is 5.69. The fraction of sp³-hybridized carbons (Fsp3) is 0.333. The average molecular weight is 343 g/mol. The summed E-state index contributed by atoms with van der Waals surface area (Å²) in [5.41, 5.74) is 1.17. The summed E-state index contributed by atoms with van der Waals surface area (Å²) in [6.45, 7) is 6.32. The lowest BCUT2D eigenvalue weighted by Crippen LogP contribution is -2.28. The number of nitro benzene ring substituents is 1. The summed E-state index contributed by atoms with van der Waals surface area (Å²) in [7, 11) is 0. The van der Waals surface area contributed by atoms with Crippen LogP contribution in [0.15, 0.2) is 35.1 Å². The van der Waals surface area contributed by atoms with Crippen LogP contribution in [-0.4, -0.2) is 15.4 Å². The third kappa shape index (κ3) is 3.93. The second-order valence-electron chi connectivity index (χ2n) is 5.87. The van der Waals surface area contributed by atoms with Gasteiger partial charge in [-0.25, -0.2) is 0 Å². The molecule has 1 aromatic carbocycles. The number of aromatic nitrogens is 1. The number of unbranched alkanes of at least 4 members (excludes halogenated alkanes) is 1. The monoisotopic (exact) mass is 343 g/mol. The van der Waals surface area contributed by atoms with E-state index in [1.165, 1.54) is 18.2 Å². The van der Waals surface area contributed by atoms with Crippen molar-refractivity contribution < 1.29 is 9.72 Å². The fourth-order valence-electron chi connectivity index (χ4n) is 2.58. The number of nitrogens with one attached hydrogen (secondary N) is 1. The molecule has 0 bridgehead atoms. The van der Waals surface area contributed by atoms with Gasteiger partial charge in [0.15, 0.2) is 0 Å². The van der Waals surface area contributed by atoms with Gasteiger partial charge in [-0.2, -0.15) is 0 Å². The Bertz CT molecular complexity index is 871. The third-order valence-electron chi connectivity index (χ3n) is 4.14. The van der Waals surface area contributed by atoms with Crippen molar-refractivity contribution in [3.63, 3.8) is 0 Å². The van der Waals surface area contributed by atoms with Gasteiger partial charge in [0.05, 0.1) is 4.92 Å². The zero-order chi connectivity index (χ0) is 18.6. The second kappa shape index (κ2) is 7.74. The molecule has 25 heavy (non-hydrogen) atoms. The van der Waals surface area contributed by atoms with Crippen molar-refractivity contribution in [3.05, 3.63) is 67.6 Å². The molecular formula is C18H21N3O4. The molecule has 1 aromatic heterocycles. The summed E-state index contributed by atoms with van der Waals surface area (Å²) >= 11 is 0. The summed E-state index contributed by atoms with van der Waals surface area (Å²) in [6.07, 6.45) is 1.79. The number of benzene rings is 1. The van der Waals surface area contributed by atoms with Crippen molar-refractivity contribution in [2.45, 2.75) is 40.2 Å². The summed E-state index contributed by atoms with van der Waals surface area (Å²) in [4.78, 5) is 35.6. The van der Waals surface area contributed by atoms with E-state index in [1.807, 2.05) is 20.8 Å². The van der Waals surface area contributed by atoms with Crippen molar-refractivity contribution in [1.29, 1.82) is 0 Å². The first-order valence-electron chi connectivity index (χ1n) is 8.12. The van der Waals surface area contributed by atoms with Crippen LogP contribution in [0.4, 0.5) is 11.4 Å². The van der Waals surface area contributed by atoms with Crippen LogP contribution < -0.4 is 10.9 Å². The van der Waals surface area contributed by atoms with Crippen LogP contribution in [0.3, 0.4) is 0 Å². The van der Waals surface area contributed by atoms with Crippen molar-refractivity contribution in [2.24, 2.45) is 0 Å². The molecule has 0 aliphatic heterocycles. The molecule has 7 heteroatoms. The van der Waals surface area contributed by atoms with E-state index < -0.39 is 10.8 Å². The summed E-state index contributed by atoms with van der Waals surface area (Å²) < 4.78 is 1.63. The molecule has 1 N–H and O–H groups in total. The predicted molar refractivity (Wildman–Crippen MR) is 96.1 cm³/mol. The van der Waals surface area contributed by atoms with Crippen molar-refractivity contribution >= 4 is 17.3 Å². The van der Waals surface area contributed by atoms with Crippen molar-refractivity contribution in [2.75, 3.05) is 5.32 Å². The van der Waals surface area contributed by atoms with Crippen LogP contribution in [0.1, 0.15) is 41.4 Å². The summed E-state index contributed by atoms with van der Waals surface area (Å²) in [6, 6.07) is 7.26. The quantitative estimate of drug-likeness (QED) is 0.642. The first kappa shape index (κ1) is 18.4. The number of aryl methyl sites for hydroxylation is 1. The first-order chi connectivity index (χ1) is 11.9. The smallest absolute Gasteiger partial charge is 0.282 e. The zero-order valence-corrected chi connectivity index (χ0v) is 14.5. The maximum Gasteiger partial charge on any atom is 0.282 e. The number of para-hydroxylation sites is 1. The lowest BCUT2D eigenvalue weighted by Gasteiger charge is -2.15. The van der Waals surface area contributed by atoms with Gasteiger partial charge in [-0.1, -0.05) is 25.5 Å². The number of pyridine rings is 1. The molecule has 0 fully saturated rings. The van der Waals surface area contributed by atoms with Gasteiger partial charge in [0.1, 0.15) is 11.3 Å². The van der Waals surface area contributed by atoms with E-state index in [1.54, 1.807) is 16.7 Å². The largest absolute Gasteiger partial charge is 0.317 e. The number of carbonyl (C=O) groups is 1. The van der Waals surface area contributed by atoms with Gasteiger partial charge in [0.25, 0.3) is 17.2 Å². The Morgan fingerprint density at radius 1 is 1.28 bits per heavy atom. The van der Waals surface area contributed by atoms with E-state index in [2.05, 4.69) is 5.32 Å². The number of hydrogen-bond acceptors (Lipinski definition) is 4. The number of amides is 1. The lowest BCUT2D eigenvalue weighted by atomic mass is 10.1. The SMILES string of the molecule is CCCCn1c(C)c(C)cc(NC(=O)c2ccccc2[N+](=O)[O-])c1=O. The predicted octanol–water partition coefficient (Wildman–Crippen LogP) is 3.43. The molecule has 2 aromatic rings. The minimum atomic E-state index is -0.672. The maximum atomic E-state index is 12.6. The van der Waals surface area contributed by atoms with Gasteiger partial charge in [-0.3, -0.25) is 19.7 Å². The van der Waals surface area contributed by atoms with Crippen molar-refractivity contribution in [3.8, 4) is 0 Å². The van der Waals surface area contributed by atoms with Crippen LogP contribution in [-0.2, 0) is 6.54 Å². The Hall–Kier alpha value is -2.96. The van der Waals surface area contributed by atoms with Gasteiger partial charge in [-0.05, 0) is 38.0 Å². The van der Waals surface area contributed by atoms with Crippen molar-refractivity contribution in [1.82, 2.24) is 4.57 Å². The molecule has 1 amide bonds. The van der Waals surface area contributed by atoms with E-state index in [-0.39, 0.29) is 22.5 Å². The van der Waals surface area contributed by atoms with E-state index in [9.17, 15) is 19.7 Å². The summed E-state index contributed by atoms with van der Waals surface area (Å²) in [5.74, 6) is -0.672. The maximum absolute atomic E-state index is 12.6. The molecule has 2 rings (SSSR count). The number of carbonyl (C=O) groups excluding carboxylic acids is 1. The van der Waals surface area contributed by atoms with E-state index in [4.69, 9.17) is 0 Å². The third-order valence-corrected chi connectivity index (χ3v) is 4.14. The zero-order valence-electron chi connectivity index (χ0n) is 14.5. The topological polar surface area (TPSA) is 94.2 Å². The standard InChI is InChI=1S/C18H21N3O4/c1-4-5-10-20-13(3)12(2)11-15(18(20)23)19-17(22)14-8-6-7-9-16(14)21(24)25/h6-9,11H,4-5,10H2,1-3H3,(H,19,22). The van der Waals surface area contributed by atoms with Crippen LogP contribution in [0.5, 0.6) is 0 Å². The van der Waals surface area contributed by atoms with Crippen LogP contribution in [0.25, 0.3) is 0 Å². The van der Waals surface area contributed by atoms with Gasteiger partial charge in [0, 0.05) is 18.3 Å². The highest BCUT2D eigenvalue weighted by Gasteiger charge is 2.20. The first-order valence-corrected chi connectivity index (χ1v) is 8.12. The Morgan fingerprint density at radius 2 is 1.96 bits per heavy atom. The molecule has 0 radical (unpaired) electrons.